The highest BCUT2D eigenvalue weighted by Gasteiger charge is 2.47. The van der Waals surface area contributed by atoms with Crippen LogP contribution in [0.1, 0.15) is 53.1 Å². The molecule has 56 heavy (non-hydrogen) atoms. The minimum absolute atomic E-state index is 0.174. The van der Waals surface area contributed by atoms with E-state index in [9.17, 15) is 15.0 Å². The van der Waals surface area contributed by atoms with Crippen LogP contribution in [-0.2, 0) is 49.9 Å². The number of aliphatic hydroxyl groups is 1. The standard InChI is InChI=1S/C47H53NO8/c49-43-44(54-33-38-23-11-3-12-24-38)42(35-52-32-37-21-9-2-10-22-37)56-46(45(43)55-34-39-25-13-4-14-26-39)53-30-18-6-17-29-48(47(50)51)41(40-27-15-5-16-28-40)31-36-19-7-1-8-20-36/h1-5,7-16,19-28,41-46,49H,6,17-18,29-35H2,(H,50,51)/t41?,42-,43+,44+,45-,46-/m1/s1. The average Bonchev–Trinajstić information content (AvgIpc) is 3.24. The van der Waals surface area contributed by atoms with Crippen molar-refractivity contribution in [2.75, 3.05) is 19.8 Å². The second-order valence-electron chi connectivity index (χ2n) is 14.1. The van der Waals surface area contributed by atoms with E-state index in [0.717, 1.165) is 34.2 Å². The van der Waals surface area contributed by atoms with E-state index in [1.54, 1.807) is 4.90 Å². The summed E-state index contributed by atoms with van der Waals surface area (Å²) in [6, 6.07) is 49.0. The number of nitrogens with zero attached hydrogens (tertiary/aromatic N) is 1. The smallest absolute Gasteiger partial charge is 0.407 e. The summed E-state index contributed by atoms with van der Waals surface area (Å²) in [4.78, 5) is 14.2. The van der Waals surface area contributed by atoms with Gasteiger partial charge < -0.3 is 38.8 Å². The van der Waals surface area contributed by atoms with Gasteiger partial charge in [0.1, 0.15) is 24.4 Å². The number of carbonyl (C=O) groups is 1. The van der Waals surface area contributed by atoms with Crippen molar-refractivity contribution in [2.45, 2.75) is 82.3 Å². The highest BCUT2D eigenvalue weighted by Crippen LogP contribution is 2.30. The second-order valence-corrected chi connectivity index (χ2v) is 14.1. The maximum absolute atomic E-state index is 12.6. The van der Waals surface area contributed by atoms with E-state index in [1.165, 1.54) is 0 Å². The molecule has 1 aliphatic heterocycles. The van der Waals surface area contributed by atoms with Gasteiger partial charge in [0.05, 0.1) is 32.5 Å². The molecule has 6 rings (SSSR count). The first kappa shape index (κ1) is 40.8. The van der Waals surface area contributed by atoms with Gasteiger partial charge in [-0.25, -0.2) is 4.79 Å². The van der Waals surface area contributed by atoms with Crippen LogP contribution in [0, 0.1) is 0 Å². The van der Waals surface area contributed by atoms with Gasteiger partial charge in [-0.3, -0.25) is 0 Å². The fraction of sp³-hybridized carbons (Fsp3) is 0.340. The lowest BCUT2D eigenvalue weighted by Gasteiger charge is -2.44. The van der Waals surface area contributed by atoms with Crippen LogP contribution in [0.4, 0.5) is 4.79 Å². The number of unbranched alkanes of at least 4 members (excludes halogenated alkanes) is 2. The van der Waals surface area contributed by atoms with Crippen LogP contribution in [0.5, 0.6) is 0 Å². The van der Waals surface area contributed by atoms with Gasteiger partial charge in [-0.05, 0) is 53.5 Å². The molecule has 294 valence electrons. The van der Waals surface area contributed by atoms with Crippen molar-refractivity contribution in [1.29, 1.82) is 0 Å². The number of ether oxygens (including phenoxy) is 5. The molecule has 5 aromatic carbocycles. The molecule has 0 radical (unpaired) electrons. The van der Waals surface area contributed by atoms with Gasteiger partial charge in [0.15, 0.2) is 6.29 Å². The van der Waals surface area contributed by atoms with E-state index in [-0.39, 0.29) is 25.9 Å². The third kappa shape index (κ3) is 12.3. The van der Waals surface area contributed by atoms with Gasteiger partial charge in [0.25, 0.3) is 0 Å². The average molecular weight is 760 g/mol. The molecule has 6 atom stereocenters. The van der Waals surface area contributed by atoms with Gasteiger partial charge in [0.2, 0.25) is 0 Å². The Morgan fingerprint density at radius 1 is 0.607 bits per heavy atom. The molecule has 9 nitrogen and oxygen atoms in total. The third-order valence-corrected chi connectivity index (χ3v) is 9.98. The molecule has 1 aliphatic rings. The molecule has 0 aromatic heterocycles. The van der Waals surface area contributed by atoms with E-state index in [1.807, 2.05) is 152 Å². The van der Waals surface area contributed by atoms with Gasteiger partial charge in [-0.1, -0.05) is 152 Å². The molecule has 1 saturated heterocycles. The van der Waals surface area contributed by atoms with E-state index in [0.29, 0.717) is 39.0 Å². The lowest BCUT2D eigenvalue weighted by Crippen LogP contribution is -2.61. The molecule has 5 aromatic rings. The number of carboxylic acid groups (broad SMARTS) is 1. The Labute approximate surface area is 330 Å². The Hall–Kier alpha value is -4.87. The largest absolute Gasteiger partial charge is 0.465 e. The molecule has 9 heteroatoms. The molecule has 1 heterocycles. The lowest BCUT2D eigenvalue weighted by atomic mass is 9.97. The Kier molecular flexibility index (Phi) is 16.0. The first-order valence-corrected chi connectivity index (χ1v) is 19.5. The molecule has 1 fully saturated rings. The van der Waals surface area contributed by atoms with Crippen LogP contribution in [0.15, 0.2) is 152 Å². The summed E-state index contributed by atoms with van der Waals surface area (Å²) >= 11 is 0. The predicted octanol–water partition coefficient (Wildman–Crippen LogP) is 8.61. The Morgan fingerprint density at radius 2 is 1.11 bits per heavy atom. The number of hydrogen-bond donors (Lipinski definition) is 2. The minimum Gasteiger partial charge on any atom is -0.465 e. The predicted molar refractivity (Wildman–Crippen MR) is 215 cm³/mol. The van der Waals surface area contributed by atoms with Crippen molar-refractivity contribution in [1.82, 2.24) is 4.90 Å². The van der Waals surface area contributed by atoms with Gasteiger partial charge >= 0.3 is 6.09 Å². The number of benzene rings is 5. The van der Waals surface area contributed by atoms with Crippen LogP contribution < -0.4 is 0 Å². The molecule has 0 spiro atoms. The molecule has 1 amide bonds. The monoisotopic (exact) mass is 759 g/mol. The van der Waals surface area contributed by atoms with Gasteiger partial charge in [-0.15, -0.1) is 0 Å². The Bertz CT molecular complexity index is 1810. The quantitative estimate of drug-likeness (QED) is 0.0717. The third-order valence-electron chi connectivity index (χ3n) is 9.98. The van der Waals surface area contributed by atoms with Crippen LogP contribution in [-0.4, -0.2) is 71.7 Å². The Morgan fingerprint density at radius 3 is 1.66 bits per heavy atom. The summed E-state index contributed by atoms with van der Waals surface area (Å²) in [5.74, 6) is 0. The first-order chi connectivity index (χ1) is 27.5. The lowest BCUT2D eigenvalue weighted by molar-refractivity contribution is -0.320. The second kappa shape index (κ2) is 22.0. The molecule has 1 unspecified atom stereocenters. The fourth-order valence-corrected chi connectivity index (χ4v) is 7.01. The summed E-state index contributed by atoms with van der Waals surface area (Å²) in [6.45, 7) is 1.79. The summed E-state index contributed by atoms with van der Waals surface area (Å²) in [5, 5.41) is 22.3. The van der Waals surface area contributed by atoms with E-state index >= 15 is 0 Å². The number of hydrogen-bond acceptors (Lipinski definition) is 7. The Balaban J connectivity index is 1.09. The highest BCUT2D eigenvalue weighted by molar-refractivity contribution is 5.66. The highest BCUT2D eigenvalue weighted by atomic mass is 16.7. The van der Waals surface area contributed by atoms with Crippen molar-refractivity contribution in [3.63, 3.8) is 0 Å². The zero-order chi connectivity index (χ0) is 38.8. The molecular formula is C47H53NO8. The molecule has 2 N–H and O–H groups in total. The van der Waals surface area contributed by atoms with Crippen molar-refractivity contribution < 1.29 is 38.7 Å². The summed E-state index contributed by atoms with van der Waals surface area (Å²) in [7, 11) is 0. The summed E-state index contributed by atoms with van der Waals surface area (Å²) in [5.41, 5.74) is 5.00. The fourth-order valence-electron chi connectivity index (χ4n) is 7.01. The minimum atomic E-state index is -1.07. The van der Waals surface area contributed by atoms with Crippen molar-refractivity contribution in [3.05, 3.63) is 179 Å². The summed E-state index contributed by atoms with van der Waals surface area (Å²) < 4.78 is 31.8. The first-order valence-electron chi connectivity index (χ1n) is 19.5. The topological polar surface area (TPSA) is 107 Å². The molecule has 0 bridgehead atoms. The van der Waals surface area contributed by atoms with E-state index in [2.05, 4.69) is 0 Å². The normalized spacial score (nSPS) is 20.0. The number of rotatable bonds is 21. The van der Waals surface area contributed by atoms with Crippen LogP contribution in [0.25, 0.3) is 0 Å². The number of aliphatic hydroxyl groups excluding tert-OH is 1. The molecule has 0 aliphatic carbocycles. The SMILES string of the molecule is O=C(O)N(CCCCCO[C@@H]1O[C@H](COCc2ccccc2)[C@H](OCc2ccccc2)[C@H](O)[C@H]1OCc1ccccc1)C(Cc1ccccc1)c1ccccc1. The number of amides is 1. The maximum atomic E-state index is 12.6. The summed E-state index contributed by atoms with van der Waals surface area (Å²) in [6.07, 6.45) is -2.51. The van der Waals surface area contributed by atoms with Crippen molar-refractivity contribution in [2.24, 2.45) is 0 Å². The zero-order valence-electron chi connectivity index (χ0n) is 31.8. The van der Waals surface area contributed by atoms with Gasteiger partial charge in [-0.2, -0.15) is 0 Å². The zero-order valence-corrected chi connectivity index (χ0v) is 31.8. The van der Waals surface area contributed by atoms with E-state index in [4.69, 9.17) is 23.7 Å². The molecule has 0 saturated carbocycles. The van der Waals surface area contributed by atoms with Gasteiger partial charge in [0, 0.05) is 13.2 Å². The molecular weight excluding hydrogens is 707 g/mol. The maximum Gasteiger partial charge on any atom is 0.407 e. The van der Waals surface area contributed by atoms with Crippen molar-refractivity contribution in [3.8, 4) is 0 Å². The van der Waals surface area contributed by atoms with E-state index < -0.39 is 36.8 Å². The van der Waals surface area contributed by atoms with Crippen LogP contribution in [0.3, 0.4) is 0 Å². The van der Waals surface area contributed by atoms with Crippen LogP contribution in [0.2, 0.25) is 0 Å². The van der Waals surface area contributed by atoms with Crippen molar-refractivity contribution >= 4 is 6.09 Å². The van der Waals surface area contributed by atoms with Crippen LogP contribution >= 0.6 is 0 Å².